The molecule has 0 saturated carbocycles. The maximum atomic E-state index is 12.3. The minimum Gasteiger partial charge on any atom is -0.483 e. The summed E-state index contributed by atoms with van der Waals surface area (Å²) < 4.78 is 6.73. The second-order valence-electron chi connectivity index (χ2n) is 7.93. The summed E-state index contributed by atoms with van der Waals surface area (Å²) in [4.78, 5) is 24.2. The Morgan fingerprint density at radius 3 is 2.29 bits per heavy atom. The Balaban J connectivity index is 1.97. The molecule has 150 valence electrons. The number of hydrogen-bond donors (Lipinski definition) is 2. The van der Waals surface area contributed by atoms with Crippen LogP contribution in [0.5, 0.6) is 5.75 Å². The molecule has 0 unspecified atom stereocenters. The van der Waals surface area contributed by atoms with E-state index in [2.05, 4.69) is 47.3 Å². The van der Waals surface area contributed by atoms with Crippen LogP contribution in [0.15, 0.2) is 46.9 Å². The Labute approximate surface area is 175 Å². The third kappa shape index (κ3) is 6.37. The predicted molar refractivity (Wildman–Crippen MR) is 116 cm³/mol. The van der Waals surface area contributed by atoms with Crippen molar-refractivity contribution in [2.75, 3.05) is 11.9 Å². The maximum Gasteiger partial charge on any atom is 0.262 e. The largest absolute Gasteiger partial charge is 0.483 e. The SMILES string of the molecule is CC(C)NC(=O)c1ccc(NC(=O)COc2ccc(Br)cc2C(C)(C)C)cc1. The van der Waals surface area contributed by atoms with Gasteiger partial charge in [0.25, 0.3) is 11.8 Å². The van der Waals surface area contributed by atoms with E-state index in [1.807, 2.05) is 32.0 Å². The molecule has 0 aliphatic rings. The lowest BCUT2D eigenvalue weighted by Crippen LogP contribution is -2.30. The molecule has 0 aliphatic heterocycles. The highest BCUT2D eigenvalue weighted by atomic mass is 79.9. The molecule has 0 bridgehead atoms. The zero-order valence-corrected chi connectivity index (χ0v) is 18.5. The second-order valence-corrected chi connectivity index (χ2v) is 8.85. The Morgan fingerprint density at radius 1 is 1.07 bits per heavy atom. The van der Waals surface area contributed by atoms with Crippen LogP contribution in [-0.4, -0.2) is 24.5 Å². The number of hydrogen-bond acceptors (Lipinski definition) is 3. The third-order valence-corrected chi connectivity index (χ3v) is 4.45. The van der Waals surface area contributed by atoms with Crippen molar-refractivity contribution in [2.24, 2.45) is 0 Å². The molecule has 0 aromatic heterocycles. The van der Waals surface area contributed by atoms with Gasteiger partial charge in [-0.15, -0.1) is 0 Å². The van der Waals surface area contributed by atoms with Crippen molar-refractivity contribution < 1.29 is 14.3 Å². The van der Waals surface area contributed by atoms with E-state index in [1.54, 1.807) is 24.3 Å². The van der Waals surface area contributed by atoms with Crippen molar-refractivity contribution in [3.05, 3.63) is 58.1 Å². The first-order valence-electron chi connectivity index (χ1n) is 9.20. The molecule has 0 spiro atoms. The second kappa shape index (κ2) is 9.24. The summed E-state index contributed by atoms with van der Waals surface area (Å²) in [6.45, 7) is 10.0. The number of halogens is 1. The highest BCUT2D eigenvalue weighted by Crippen LogP contribution is 2.33. The number of carbonyl (C=O) groups excluding carboxylic acids is 2. The number of ether oxygens (including phenoxy) is 1. The normalized spacial score (nSPS) is 11.2. The summed E-state index contributed by atoms with van der Waals surface area (Å²) >= 11 is 3.48. The summed E-state index contributed by atoms with van der Waals surface area (Å²) in [5.74, 6) is 0.287. The van der Waals surface area contributed by atoms with Gasteiger partial charge in [0, 0.05) is 27.3 Å². The number of anilines is 1. The molecule has 2 aromatic carbocycles. The van der Waals surface area contributed by atoms with Crippen molar-refractivity contribution in [3.8, 4) is 5.75 Å². The standard InChI is InChI=1S/C22H27BrN2O3/c1-14(2)24-21(27)15-6-9-17(10-7-15)25-20(26)13-28-19-11-8-16(23)12-18(19)22(3,4)5/h6-12,14H,13H2,1-5H3,(H,24,27)(H,25,26). The molecule has 0 saturated heterocycles. The lowest BCUT2D eigenvalue weighted by Gasteiger charge is -2.23. The Morgan fingerprint density at radius 2 is 1.71 bits per heavy atom. The van der Waals surface area contributed by atoms with Crippen LogP contribution < -0.4 is 15.4 Å². The van der Waals surface area contributed by atoms with E-state index < -0.39 is 0 Å². The lowest BCUT2D eigenvalue weighted by atomic mass is 9.86. The summed E-state index contributed by atoms with van der Waals surface area (Å²) in [7, 11) is 0. The van der Waals surface area contributed by atoms with Crippen LogP contribution >= 0.6 is 15.9 Å². The molecule has 0 atom stereocenters. The van der Waals surface area contributed by atoms with Crippen LogP contribution in [0.25, 0.3) is 0 Å². The summed E-state index contributed by atoms with van der Waals surface area (Å²) in [6, 6.07) is 12.6. The van der Waals surface area contributed by atoms with E-state index >= 15 is 0 Å². The van der Waals surface area contributed by atoms with E-state index in [0.29, 0.717) is 17.0 Å². The minimum absolute atomic E-state index is 0.0700. The molecule has 0 aliphatic carbocycles. The van der Waals surface area contributed by atoms with Crippen molar-refractivity contribution in [2.45, 2.75) is 46.1 Å². The van der Waals surface area contributed by atoms with Crippen LogP contribution in [0.1, 0.15) is 50.5 Å². The van der Waals surface area contributed by atoms with Gasteiger partial charge >= 0.3 is 0 Å². The molecule has 2 aromatic rings. The van der Waals surface area contributed by atoms with Crippen molar-refractivity contribution >= 4 is 33.4 Å². The first kappa shape index (κ1) is 22.0. The Bertz CT molecular complexity index is 840. The average molecular weight is 447 g/mol. The van der Waals surface area contributed by atoms with Crippen LogP contribution in [0.2, 0.25) is 0 Å². The van der Waals surface area contributed by atoms with E-state index in [0.717, 1.165) is 10.0 Å². The minimum atomic E-state index is -0.262. The third-order valence-electron chi connectivity index (χ3n) is 3.96. The fraction of sp³-hybridized carbons (Fsp3) is 0.364. The highest BCUT2D eigenvalue weighted by Gasteiger charge is 2.20. The summed E-state index contributed by atoms with van der Waals surface area (Å²) in [5, 5.41) is 5.61. The molecule has 28 heavy (non-hydrogen) atoms. The molecule has 2 rings (SSSR count). The molecule has 6 heteroatoms. The van der Waals surface area contributed by atoms with E-state index in [1.165, 1.54) is 0 Å². The van der Waals surface area contributed by atoms with Gasteiger partial charge in [-0.25, -0.2) is 0 Å². The van der Waals surface area contributed by atoms with Gasteiger partial charge in [0.15, 0.2) is 6.61 Å². The Kier molecular flexibility index (Phi) is 7.24. The van der Waals surface area contributed by atoms with Gasteiger partial charge in [-0.3, -0.25) is 9.59 Å². The zero-order chi connectivity index (χ0) is 20.9. The quantitative estimate of drug-likeness (QED) is 0.662. The summed E-state index contributed by atoms with van der Waals surface area (Å²) in [6.07, 6.45) is 0. The van der Waals surface area contributed by atoms with Gasteiger partial charge in [0.2, 0.25) is 0 Å². The highest BCUT2D eigenvalue weighted by molar-refractivity contribution is 9.10. The fourth-order valence-electron chi connectivity index (χ4n) is 2.61. The first-order chi connectivity index (χ1) is 13.1. The van der Waals surface area contributed by atoms with Crippen LogP contribution in [0.3, 0.4) is 0 Å². The van der Waals surface area contributed by atoms with Gasteiger partial charge in [-0.2, -0.15) is 0 Å². The molecule has 0 heterocycles. The van der Waals surface area contributed by atoms with Gasteiger partial charge < -0.3 is 15.4 Å². The monoisotopic (exact) mass is 446 g/mol. The zero-order valence-electron chi connectivity index (χ0n) is 16.9. The van der Waals surface area contributed by atoms with Crippen molar-refractivity contribution in [1.82, 2.24) is 5.32 Å². The molecule has 2 N–H and O–H groups in total. The molecule has 5 nitrogen and oxygen atoms in total. The first-order valence-corrected chi connectivity index (χ1v) is 9.99. The number of carbonyl (C=O) groups is 2. The number of rotatable bonds is 6. The lowest BCUT2D eigenvalue weighted by molar-refractivity contribution is -0.118. The molecule has 0 radical (unpaired) electrons. The molecule has 2 amide bonds. The predicted octanol–water partition coefficient (Wildman–Crippen LogP) is 4.90. The van der Waals surface area contributed by atoms with Gasteiger partial charge in [0.1, 0.15) is 5.75 Å². The van der Waals surface area contributed by atoms with Gasteiger partial charge in [-0.05, 0) is 61.7 Å². The number of benzene rings is 2. The van der Waals surface area contributed by atoms with Crippen LogP contribution in [-0.2, 0) is 10.2 Å². The van der Waals surface area contributed by atoms with Gasteiger partial charge in [-0.1, -0.05) is 36.7 Å². The fourth-order valence-corrected chi connectivity index (χ4v) is 2.97. The van der Waals surface area contributed by atoms with Crippen molar-refractivity contribution in [1.29, 1.82) is 0 Å². The molecular formula is C22H27BrN2O3. The van der Waals surface area contributed by atoms with Crippen molar-refractivity contribution in [3.63, 3.8) is 0 Å². The van der Waals surface area contributed by atoms with E-state index in [-0.39, 0.29) is 29.9 Å². The smallest absolute Gasteiger partial charge is 0.262 e. The van der Waals surface area contributed by atoms with Crippen LogP contribution in [0, 0.1) is 0 Å². The number of amides is 2. The maximum absolute atomic E-state index is 12.3. The van der Waals surface area contributed by atoms with Crippen LogP contribution in [0.4, 0.5) is 5.69 Å². The molecule has 0 fully saturated rings. The van der Waals surface area contributed by atoms with Gasteiger partial charge in [0.05, 0.1) is 0 Å². The topological polar surface area (TPSA) is 67.4 Å². The Hall–Kier alpha value is -2.34. The number of nitrogens with one attached hydrogen (secondary N) is 2. The molecular weight excluding hydrogens is 420 g/mol. The van der Waals surface area contributed by atoms with E-state index in [4.69, 9.17) is 4.74 Å². The summed E-state index contributed by atoms with van der Waals surface area (Å²) in [5.41, 5.74) is 2.08. The average Bonchev–Trinajstić information content (AvgIpc) is 2.60. The van der Waals surface area contributed by atoms with E-state index in [9.17, 15) is 9.59 Å².